The summed E-state index contributed by atoms with van der Waals surface area (Å²) in [5.74, 6) is 3.14. The summed E-state index contributed by atoms with van der Waals surface area (Å²) >= 11 is 15.3. The molecule has 0 N–H and O–H groups in total. The summed E-state index contributed by atoms with van der Waals surface area (Å²) in [6.07, 6.45) is 0.656. The molecule has 0 saturated heterocycles. The fourth-order valence-electron chi connectivity index (χ4n) is 3.35. The summed E-state index contributed by atoms with van der Waals surface area (Å²) < 4.78 is 29.7. The molecule has 208 valence electrons. The van der Waals surface area contributed by atoms with Crippen LogP contribution < -0.4 is 17.7 Å². The van der Waals surface area contributed by atoms with E-state index in [4.69, 9.17) is 17.7 Å². The molecule has 0 heterocycles. The molecule has 2 rings (SSSR count). The average Bonchev–Trinajstić information content (AvgIpc) is 2.66. The predicted molar refractivity (Wildman–Crippen MR) is 182 cm³/mol. The molecule has 0 atom stereocenters. The van der Waals surface area contributed by atoms with Crippen molar-refractivity contribution >= 4 is 97.0 Å². The van der Waals surface area contributed by atoms with E-state index in [2.05, 4.69) is 154 Å². The largest absolute Gasteiger partial charge is 0.542 e. The summed E-state index contributed by atoms with van der Waals surface area (Å²) in [4.78, 5) is 0. The van der Waals surface area contributed by atoms with Gasteiger partial charge in [-0.1, -0.05) is 0 Å². The molecule has 0 amide bonds. The Bertz CT molecular complexity index is 1060. The Kier molecular flexibility index (Phi) is 11.0. The van der Waals surface area contributed by atoms with Crippen LogP contribution in [0.4, 0.5) is 0 Å². The van der Waals surface area contributed by atoms with Crippen LogP contribution in [-0.2, 0) is 6.42 Å². The first-order valence-corrected chi connectivity index (χ1v) is 29.1. The second kappa shape index (κ2) is 12.1. The van der Waals surface area contributed by atoms with Gasteiger partial charge >= 0.3 is 0 Å². The lowest BCUT2D eigenvalue weighted by atomic mass is 10.0. The Balaban J connectivity index is 2.71. The van der Waals surface area contributed by atoms with E-state index < -0.39 is 33.3 Å². The maximum absolute atomic E-state index is 6.54. The molecule has 0 fully saturated rings. The van der Waals surface area contributed by atoms with Gasteiger partial charge in [0.15, 0.2) is 11.5 Å². The summed E-state index contributed by atoms with van der Waals surface area (Å²) in [5, 5.41) is 0. The SMILES string of the molecule is C[Si](C)(C)Oc1cc(Cc2cc(O[Si](C)(C)C)c(O[Si](C)(C)C)c(Br)c2Br)c(Br)c(Br)c1O[Si](C)(C)C. The summed E-state index contributed by atoms with van der Waals surface area (Å²) in [6.45, 7) is 26.2. The normalized spacial score (nSPS) is 13.0. The minimum absolute atomic E-state index is 0.656. The minimum Gasteiger partial charge on any atom is -0.542 e. The molecule has 0 aliphatic heterocycles. The monoisotopic (exact) mass is 832 g/mol. The van der Waals surface area contributed by atoms with E-state index >= 15 is 0 Å². The van der Waals surface area contributed by atoms with Crippen LogP contribution >= 0.6 is 63.7 Å². The van der Waals surface area contributed by atoms with Gasteiger partial charge in [0.1, 0.15) is 11.5 Å². The quantitative estimate of drug-likeness (QED) is 0.223. The van der Waals surface area contributed by atoms with Crippen molar-refractivity contribution < 1.29 is 17.7 Å². The van der Waals surface area contributed by atoms with Crippen LogP contribution in [0.3, 0.4) is 0 Å². The highest BCUT2D eigenvalue weighted by Crippen LogP contribution is 2.48. The molecule has 4 nitrogen and oxygen atoms in total. The highest BCUT2D eigenvalue weighted by Gasteiger charge is 2.30. The third-order valence-electron chi connectivity index (χ3n) is 4.44. The smallest absolute Gasteiger partial charge is 0.242 e. The Hall–Kier alpha value is 0.428. The maximum Gasteiger partial charge on any atom is 0.242 e. The van der Waals surface area contributed by atoms with Gasteiger partial charge < -0.3 is 17.7 Å². The summed E-state index contributed by atoms with van der Waals surface area (Å²) in [5.41, 5.74) is 2.18. The van der Waals surface area contributed by atoms with Gasteiger partial charge in [-0.05, 0) is 166 Å². The Labute approximate surface area is 261 Å². The molecule has 0 unspecified atom stereocenters. The molecule has 0 aliphatic rings. The van der Waals surface area contributed by atoms with Gasteiger partial charge in [-0.15, -0.1) is 0 Å². The number of benzene rings is 2. The fraction of sp³-hybridized carbons (Fsp3) is 0.520. The van der Waals surface area contributed by atoms with Crippen molar-refractivity contribution in [2.75, 3.05) is 0 Å². The molecule has 2 aromatic rings. The van der Waals surface area contributed by atoms with Gasteiger partial charge in [0, 0.05) is 15.4 Å². The van der Waals surface area contributed by atoms with Gasteiger partial charge in [-0.2, -0.15) is 0 Å². The van der Waals surface area contributed by atoms with E-state index in [9.17, 15) is 0 Å². The van der Waals surface area contributed by atoms with E-state index in [-0.39, 0.29) is 0 Å². The Morgan fingerprint density at radius 1 is 0.459 bits per heavy atom. The van der Waals surface area contributed by atoms with E-state index in [1.807, 2.05) is 0 Å². The fourth-order valence-corrected chi connectivity index (χ4v) is 8.83. The number of halogens is 4. The van der Waals surface area contributed by atoms with Crippen molar-refractivity contribution in [3.63, 3.8) is 0 Å². The molecular weight excluding hydrogens is 796 g/mol. The van der Waals surface area contributed by atoms with Crippen LogP contribution in [0.15, 0.2) is 30.0 Å². The summed E-state index contributed by atoms with van der Waals surface area (Å²) in [7, 11) is -7.53. The van der Waals surface area contributed by atoms with Crippen LogP contribution in [-0.4, -0.2) is 33.3 Å². The highest BCUT2D eigenvalue weighted by atomic mass is 79.9. The van der Waals surface area contributed by atoms with Crippen LogP contribution in [0.2, 0.25) is 78.6 Å². The molecule has 0 aromatic heterocycles. The second-order valence-corrected chi connectivity index (χ2v) is 33.9. The first-order chi connectivity index (χ1) is 16.5. The first kappa shape index (κ1) is 33.6. The van der Waals surface area contributed by atoms with Crippen LogP contribution in [0.25, 0.3) is 0 Å². The van der Waals surface area contributed by atoms with Crippen molar-refractivity contribution in [2.24, 2.45) is 0 Å². The molecule has 0 aliphatic carbocycles. The van der Waals surface area contributed by atoms with Crippen LogP contribution in [0.5, 0.6) is 23.0 Å². The molecule has 37 heavy (non-hydrogen) atoms. The third kappa shape index (κ3) is 10.4. The van der Waals surface area contributed by atoms with Gasteiger partial charge in [-0.3, -0.25) is 0 Å². The second-order valence-electron chi connectivity index (χ2n) is 13.0. The van der Waals surface area contributed by atoms with Gasteiger partial charge in [0.2, 0.25) is 33.3 Å². The first-order valence-electron chi connectivity index (χ1n) is 12.3. The minimum atomic E-state index is -1.89. The van der Waals surface area contributed by atoms with E-state index in [1.54, 1.807) is 0 Å². The number of hydrogen-bond acceptors (Lipinski definition) is 4. The summed E-state index contributed by atoms with van der Waals surface area (Å²) in [6, 6.07) is 4.24. The van der Waals surface area contributed by atoms with Crippen molar-refractivity contribution in [1.82, 2.24) is 0 Å². The molecule has 0 bridgehead atoms. The zero-order valence-electron chi connectivity index (χ0n) is 24.0. The van der Waals surface area contributed by atoms with E-state index in [1.165, 1.54) is 0 Å². The van der Waals surface area contributed by atoms with Crippen molar-refractivity contribution in [2.45, 2.75) is 85.0 Å². The number of rotatable bonds is 10. The van der Waals surface area contributed by atoms with Gasteiger partial charge in [0.25, 0.3) is 0 Å². The van der Waals surface area contributed by atoms with Crippen LogP contribution in [0.1, 0.15) is 11.1 Å². The lowest BCUT2D eigenvalue weighted by Gasteiger charge is -2.29. The Morgan fingerprint density at radius 2 is 0.730 bits per heavy atom. The third-order valence-corrected chi connectivity index (χ3v) is 12.1. The molecule has 0 saturated carbocycles. The maximum atomic E-state index is 6.54. The number of hydrogen-bond donors (Lipinski definition) is 0. The zero-order chi connectivity index (χ0) is 28.7. The topological polar surface area (TPSA) is 36.9 Å². The van der Waals surface area contributed by atoms with E-state index in [0.717, 1.165) is 52.0 Å². The lowest BCUT2D eigenvalue weighted by Crippen LogP contribution is -2.33. The molecular formula is C25H40Br4O4Si4. The van der Waals surface area contributed by atoms with Gasteiger partial charge in [0.05, 0.1) is 8.95 Å². The molecule has 12 heteroatoms. The standard InChI is InChI=1S/C25H40Br4O4Si4/c1-34(2,3)30-18-14-16(20(26)22(28)24(18)32-36(7,8)9)13-17-15-19(31-35(4,5)6)25(23(29)21(17)27)33-37(10,11)12/h14-15H,13H2,1-12H3. The van der Waals surface area contributed by atoms with Gasteiger partial charge in [-0.25, -0.2) is 0 Å². The average molecular weight is 837 g/mol. The molecule has 2 aromatic carbocycles. The molecule has 0 spiro atoms. The lowest BCUT2D eigenvalue weighted by molar-refractivity contribution is 0.484. The Morgan fingerprint density at radius 3 is 0.973 bits per heavy atom. The zero-order valence-corrected chi connectivity index (χ0v) is 34.4. The highest BCUT2D eigenvalue weighted by molar-refractivity contribution is 9.13. The van der Waals surface area contributed by atoms with E-state index in [0.29, 0.717) is 6.42 Å². The van der Waals surface area contributed by atoms with Crippen molar-refractivity contribution in [3.8, 4) is 23.0 Å². The predicted octanol–water partition coefficient (Wildman–Crippen LogP) is 11.2. The van der Waals surface area contributed by atoms with Crippen LogP contribution in [0, 0.1) is 0 Å². The molecule has 0 radical (unpaired) electrons. The van der Waals surface area contributed by atoms with Crippen molar-refractivity contribution in [1.29, 1.82) is 0 Å². The van der Waals surface area contributed by atoms with Crippen molar-refractivity contribution in [3.05, 3.63) is 41.2 Å².